The molecule has 0 bridgehead atoms. The summed E-state index contributed by atoms with van der Waals surface area (Å²) in [5, 5.41) is 3.48. The van der Waals surface area contributed by atoms with Gasteiger partial charge in [-0.15, -0.1) is 0 Å². The van der Waals surface area contributed by atoms with E-state index in [9.17, 15) is 0 Å². The van der Waals surface area contributed by atoms with Gasteiger partial charge < -0.3 is 14.5 Å². The molecule has 0 amide bonds. The lowest BCUT2D eigenvalue weighted by atomic mass is 10.0. The number of hydrogen-bond donors (Lipinski definition) is 1. The first-order valence-electron chi connectivity index (χ1n) is 4.74. The fourth-order valence-corrected chi connectivity index (χ4v) is 1.95. The Hall–Kier alpha value is -0.320. The van der Waals surface area contributed by atoms with Gasteiger partial charge in [0.05, 0.1) is 12.9 Å². The Labute approximate surface area is 91.9 Å². The maximum absolute atomic E-state index is 5.36. The van der Waals surface area contributed by atoms with Crippen LogP contribution in [-0.2, 0) is 11.3 Å². The van der Waals surface area contributed by atoms with Gasteiger partial charge in [0.25, 0.3) is 0 Å². The van der Waals surface area contributed by atoms with E-state index < -0.39 is 0 Å². The highest BCUT2D eigenvalue weighted by Gasteiger charge is 2.28. The Morgan fingerprint density at radius 1 is 1.64 bits per heavy atom. The third-order valence-electron chi connectivity index (χ3n) is 2.56. The Bertz CT molecular complexity index is 305. The molecule has 3 nitrogen and oxygen atoms in total. The first kappa shape index (κ1) is 10.2. The largest absolute Gasteiger partial charge is 0.457 e. The topological polar surface area (TPSA) is 34.4 Å². The van der Waals surface area contributed by atoms with Gasteiger partial charge in [-0.25, -0.2) is 0 Å². The third-order valence-corrected chi connectivity index (χ3v) is 2.98. The number of halogens is 1. The van der Waals surface area contributed by atoms with Crippen LogP contribution in [0.5, 0.6) is 0 Å². The van der Waals surface area contributed by atoms with Crippen molar-refractivity contribution >= 4 is 15.9 Å². The molecule has 0 spiro atoms. The SMILES string of the molecule is CC1(NCc2coc(Br)c2)CCOC1. The molecule has 1 atom stereocenters. The monoisotopic (exact) mass is 259 g/mol. The van der Waals surface area contributed by atoms with Crippen LogP contribution in [0, 0.1) is 0 Å². The first-order chi connectivity index (χ1) is 6.68. The van der Waals surface area contributed by atoms with E-state index in [-0.39, 0.29) is 5.54 Å². The molecule has 1 aliphatic rings. The second kappa shape index (κ2) is 4.04. The number of furan rings is 1. The third kappa shape index (κ3) is 2.38. The summed E-state index contributed by atoms with van der Waals surface area (Å²) in [6.45, 7) is 4.68. The van der Waals surface area contributed by atoms with Crippen LogP contribution in [0.3, 0.4) is 0 Å². The lowest BCUT2D eigenvalue weighted by Crippen LogP contribution is -2.42. The fraction of sp³-hybridized carbons (Fsp3) is 0.600. The predicted octanol–water partition coefficient (Wildman–Crippen LogP) is 2.31. The van der Waals surface area contributed by atoms with Crippen LogP contribution in [0.25, 0.3) is 0 Å². The molecule has 0 radical (unpaired) electrons. The van der Waals surface area contributed by atoms with E-state index >= 15 is 0 Å². The highest BCUT2D eigenvalue weighted by Crippen LogP contribution is 2.19. The second-order valence-electron chi connectivity index (χ2n) is 3.98. The van der Waals surface area contributed by atoms with E-state index in [4.69, 9.17) is 9.15 Å². The van der Waals surface area contributed by atoms with E-state index in [1.54, 1.807) is 6.26 Å². The molecular formula is C10H14BrNO2. The molecule has 0 aromatic carbocycles. The average Bonchev–Trinajstić information content (AvgIpc) is 2.73. The summed E-state index contributed by atoms with van der Waals surface area (Å²) in [7, 11) is 0. The van der Waals surface area contributed by atoms with E-state index in [2.05, 4.69) is 28.2 Å². The molecule has 1 aromatic heterocycles. The normalized spacial score (nSPS) is 27.0. The maximum atomic E-state index is 5.36. The molecule has 2 heterocycles. The van der Waals surface area contributed by atoms with Crippen LogP contribution in [0.15, 0.2) is 21.4 Å². The summed E-state index contributed by atoms with van der Waals surface area (Å²) in [4.78, 5) is 0. The second-order valence-corrected chi connectivity index (χ2v) is 4.76. The zero-order chi connectivity index (χ0) is 10.0. The van der Waals surface area contributed by atoms with E-state index in [0.717, 1.165) is 36.4 Å². The molecule has 1 aliphatic heterocycles. The zero-order valence-corrected chi connectivity index (χ0v) is 9.76. The van der Waals surface area contributed by atoms with E-state index in [0.29, 0.717) is 0 Å². The van der Waals surface area contributed by atoms with Crippen LogP contribution in [0.1, 0.15) is 18.9 Å². The minimum Gasteiger partial charge on any atom is -0.457 e. The van der Waals surface area contributed by atoms with E-state index in [1.807, 2.05) is 6.07 Å². The molecule has 1 unspecified atom stereocenters. The van der Waals surface area contributed by atoms with Crippen LogP contribution >= 0.6 is 15.9 Å². The number of rotatable bonds is 3. The number of ether oxygens (including phenoxy) is 1. The Balaban J connectivity index is 1.87. The minimum absolute atomic E-state index is 0.129. The van der Waals surface area contributed by atoms with Crippen molar-refractivity contribution in [2.45, 2.75) is 25.4 Å². The smallest absolute Gasteiger partial charge is 0.169 e. The van der Waals surface area contributed by atoms with Gasteiger partial charge in [-0.3, -0.25) is 0 Å². The number of nitrogens with one attached hydrogen (secondary N) is 1. The molecule has 4 heteroatoms. The molecule has 1 N–H and O–H groups in total. The Morgan fingerprint density at radius 3 is 3.07 bits per heavy atom. The molecule has 1 saturated heterocycles. The van der Waals surface area contributed by atoms with Crippen molar-refractivity contribution in [3.8, 4) is 0 Å². The molecule has 78 valence electrons. The van der Waals surface area contributed by atoms with Gasteiger partial charge in [0, 0.05) is 24.3 Å². The van der Waals surface area contributed by atoms with Gasteiger partial charge in [0.2, 0.25) is 0 Å². The Morgan fingerprint density at radius 2 is 2.50 bits per heavy atom. The molecule has 0 saturated carbocycles. The molecule has 2 rings (SSSR count). The lowest BCUT2D eigenvalue weighted by molar-refractivity contribution is 0.171. The van der Waals surface area contributed by atoms with Crippen molar-refractivity contribution in [3.63, 3.8) is 0 Å². The zero-order valence-electron chi connectivity index (χ0n) is 8.18. The van der Waals surface area contributed by atoms with Crippen molar-refractivity contribution in [2.75, 3.05) is 13.2 Å². The van der Waals surface area contributed by atoms with Crippen molar-refractivity contribution < 1.29 is 9.15 Å². The summed E-state index contributed by atoms with van der Waals surface area (Å²) >= 11 is 3.28. The van der Waals surface area contributed by atoms with Crippen molar-refractivity contribution in [1.82, 2.24) is 5.32 Å². The average molecular weight is 260 g/mol. The first-order valence-corrected chi connectivity index (χ1v) is 5.53. The van der Waals surface area contributed by atoms with Crippen molar-refractivity contribution in [2.24, 2.45) is 0 Å². The van der Waals surface area contributed by atoms with Crippen LogP contribution in [0.4, 0.5) is 0 Å². The van der Waals surface area contributed by atoms with Gasteiger partial charge in [0.15, 0.2) is 4.67 Å². The van der Waals surface area contributed by atoms with Gasteiger partial charge >= 0.3 is 0 Å². The standard InChI is InChI=1S/C10H14BrNO2/c1-10(2-3-13-7-10)12-5-8-4-9(11)14-6-8/h4,6,12H,2-3,5,7H2,1H3. The van der Waals surface area contributed by atoms with Gasteiger partial charge in [-0.1, -0.05) is 0 Å². The minimum atomic E-state index is 0.129. The molecule has 14 heavy (non-hydrogen) atoms. The van der Waals surface area contributed by atoms with Crippen LogP contribution < -0.4 is 5.32 Å². The lowest BCUT2D eigenvalue weighted by Gasteiger charge is -2.22. The Kier molecular flexibility index (Phi) is 2.95. The highest BCUT2D eigenvalue weighted by atomic mass is 79.9. The summed E-state index contributed by atoms with van der Waals surface area (Å²) < 4.78 is 11.3. The fourth-order valence-electron chi connectivity index (χ4n) is 1.56. The van der Waals surface area contributed by atoms with Gasteiger partial charge in [-0.05, 0) is 35.3 Å². The highest BCUT2D eigenvalue weighted by molar-refractivity contribution is 9.10. The van der Waals surface area contributed by atoms with Crippen molar-refractivity contribution in [3.05, 3.63) is 22.6 Å². The molecule has 0 aliphatic carbocycles. The van der Waals surface area contributed by atoms with E-state index in [1.165, 1.54) is 0 Å². The van der Waals surface area contributed by atoms with Crippen LogP contribution in [-0.4, -0.2) is 18.8 Å². The van der Waals surface area contributed by atoms with Crippen molar-refractivity contribution in [1.29, 1.82) is 0 Å². The number of hydrogen-bond acceptors (Lipinski definition) is 3. The molecule has 1 fully saturated rings. The molecule has 1 aromatic rings. The predicted molar refractivity (Wildman–Crippen MR) is 57.1 cm³/mol. The summed E-state index contributed by atoms with van der Waals surface area (Å²) in [5.74, 6) is 0. The quantitative estimate of drug-likeness (QED) is 0.905. The van der Waals surface area contributed by atoms with Gasteiger partial charge in [0.1, 0.15) is 0 Å². The maximum Gasteiger partial charge on any atom is 0.169 e. The van der Waals surface area contributed by atoms with Gasteiger partial charge in [-0.2, -0.15) is 0 Å². The van der Waals surface area contributed by atoms with Crippen LogP contribution in [0.2, 0.25) is 0 Å². The summed E-state index contributed by atoms with van der Waals surface area (Å²) in [6.07, 6.45) is 2.84. The summed E-state index contributed by atoms with van der Waals surface area (Å²) in [6, 6.07) is 1.98. The summed E-state index contributed by atoms with van der Waals surface area (Å²) in [5.41, 5.74) is 1.29. The molecular weight excluding hydrogens is 246 g/mol.